The Morgan fingerprint density at radius 3 is 2.32 bits per heavy atom. The summed E-state index contributed by atoms with van der Waals surface area (Å²) in [5.74, 6) is 0. The molecule has 0 bridgehead atoms. The minimum Gasteiger partial charge on any atom is -0.354 e. The van der Waals surface area contributed by atoms with Gasteiger partial charge in [0.2, 0.25) is 0 Å². The van der Waals surface area contributed by atoms with Gasteiger partial charge in [0.05, 0.1) is 6.04 Å². The molecule has 22 heavy (non-hydrogen) atoms. The molecular weight excluding hydrogens is 314 g/mol. The molecule has 116 valence electrons. The first-order valence-corrected chi connectivity index (χ1v) is 7.86. The zero-order valence-electron chi connectivity index (χ0n) is 12.7. The van der Waals surface area contributed by atoms with Crippen molar-refractivity contribution in [2.75, 3.05) is 26.0 Å². The standard InChI is InChI=1S/C17H20ClN3S/c1-21(2)12-16(13-6-4-3-5-7-13)20-17(22)19-15-10-8-14(18)9-11-15/h3-11,16H,12H2,1-2H3,(H2,19,20,22)/t16-/m0/s1. The molecular formula is C17H20ClN3S. The van der Waals surface area contributed by atoms with E-state index in [4.69, 9.17) is 23.8 Å². The van der Waals surface area contributed by atoms with E-state index in [1.165, 1.54) is 5.56 Å². The molecule has 0 aliphatic heterocycles. The molecule has 0 radical (unpaired) electrons. The first kappa shape index (κ1) is 16.7. The number of hydrogen-bond donors (Lipinski definition) is 2. The highest BCUT2D eigenvalue weighted by molar-refractivity contribution is 7.80. The first-order chi connectivity index (χ1) is 10.5. The van der Waals surface area contributed by atoms with E-state index < -0.39 is 0 Å². The average molecular weight is 334 g/mol. The second-order valence-electron chi connectivity index (χ2n) is 5.33. The smallest absolute Gasteiger partial charge is 0.171 e. The summed E-state index contributed by atoms with van der Waals surface area (Å²) in [6.45, 7) is 0.854. The van der Waals surface area contributed by atoms with Gasteiger partial charge in [0.1, 0.15) is 0 Å². The Bertz CT molecular complexity index is 599. The van der Waals surface area contributed by atoms with Gasteiger partial charge in [-0.05, 0) is 56.1 Å². The van der Waals surface area contributed by atoms with Gasteiger partial charge in [0.25, 0.3) is 0 Å². The molecule has 3 nitrogen and oxygen atoms in total. The molecule has 1 atom stereocenters. The van der Waals surface area contributed by atoms with Crippen LogP contribution in [0, 0.1) is 0 Å². The molecule has 2 N–H and O–H groups in total. The normalized spacial score (nSPS) is 12.0. The lowest BCUT2D eigenvalue weighted by molar-refractivity contribution is 0.363. The van der Waals surface area contributed by atoms with E-state index in [1.807, 2.05) is 56.6 Å². The summed E-state index contributed by atoms with van der Waals surface area (Å²) in [4.78, 5) is 2.13. The molecule has 0 aliphatic rings. The quantitative estimate of drug-likeness (QED) is 0.811. The molecule has 0 heterocycles. The Balaban J connectivity index is 2.03. The van der Waals surface area contributed by atoms with Crippen LogP contribution in [0.3, 0.4) is 0 Å². The third kappa shape index (κ3) is 5.30. The lowest BCUT2D eigenvalue weighted by Crippen LogP contribution is -2.37. The van der Waals surface area contributed by atoms with Crippen LogP contribution in [-0.4, -0.2) is 30.7 Å². The van der Waals surface area contributed by atoms with Crippen molar-refractivity contribution < 1.29 is 0 Å². The summed E-state index contributed by atoms with van der Waals surface area (Å²) < 4.78 is 0. The Labute approximate surface area is 142 Å². The van der Waals surface area contributed by atoms with Gasteiger partial charge < -0.3 is 15.5 Å². The molecule has 2 aromatic rings. The number of thiocarbonyl (C=S) groups is 1. The lowest BCUT2D eigenvalue weighted by atomic mass is 10.1. The zero-order chi connectivity index (χ0) is 15.9. The van der Waals surface area contributed by atoms with Crippen molar-refractivity contribution in [3.8, 4) is 0 Å². The van der Waals surface area contributed by atoms with E-state index in [0.717, 1.165) is 12.2 Å². The van der Waals surface area contributed by atoms with E-state index in [-0.39, 0.29) is 6.04 Å². The molecule has 0 aliphatic carbocycles. The third-order valence-electron chi connectivity index (χ3n) is 3.16. The van der Waals surface area contributed by atoms with Crippen molar-refractivity contribution in [2.45, 2.75) is 6.04 Å². The second-order valence-corrected chi connectivity index (χ2v) is 6.18. The van der Waals surface area contributed by atoms with Gasteiger partial charge >= 0.3 is 0 Å². The minimum atomic E-state index is 0.128. The van der Waals surface area contributed by atoms with Crippen LogP contribution in [0.25, 0.3) is 0 Å². The van der Waals surface area contributed by atoms with E-state index in [9.17, 15) is 0 Å². The Kier molecular flexibility index (Phi) is 6.19. The van der Waals surface area contributed by atoms with Crippen LogP contribution in [0.5, 0.6) is 0 Å². The van der Waals surface area contributed by atoms with Gasteiger partial charge in [-0.3, -0.25) is 0 Å². The van der Waals surface area contributed by atoms with Crippen molar-refractivity contribution in [3.05, 3.63) is 65.2 Å². The monoisotopic (exact) mass is 333 g/mol. The van der Waals surface area contributed by atoms with Crippen LogP contribution in [0.1, 0.15) is 11.6 Å². The molecule has 5 heteroatoms. The molecule has 0 amide bonds. The third-order valence-corrected chi connectivity index (χ3v) is 3.63. The number of nitrogens with one attached hydrogen (secondary N) is 2. The van der Waals surface area contributed by atoms with Crippen LogP contribution in [0.2, 0.25) is 5.02 Å². The maximum absolute atomic E-state index is 5.89. The van der Waals surface area contributed by atoms with Crippen LogP contribution in [0.15, 0.2) is 54.6 Å². The summed E-state index contributed by atoms with van der Waals surface area (Å²) in [6, 6.07) is 17.9. The fourth-order valence-corrected chi connectivity index (χ4v) is 2.53. The van der Waals surface area contributed by atoms with E-state index >= 15 is 0 Å². The van der Waals surface area contributed by atoms with Crippen LogP contribution < -0.4 is 10.6 Å². The number of rotatable bonds is 5. The molecule has 0 fully saturated rings. The summed E-state index contributed by atoms with van der Waals surface area (Å²) in [7, 11) is 4.10. The van der Waals surface area contributed by atoms with E-state index in [2.05, 4.69) is 27.7 Å². The second kappa shape index (κ2) is 8.13. The highest BCUT2D eigenvalue weighted by atomic mass is 35.5. The predicted octanol–water partition coefficient (Wildman–Crippen LogP) is 3.93. The predicted molar refractivity (Wildman–Crippen MR) is 98.5 cm³/mol. The van der Waals surface area contributed by atoms with Gasteiger partial charge in [-0.2, -0.15) is 0 Å². The van der Waals surface area contributed by atoms with Crippen molar-refractivity contribution in [3.63, 3.8) is 0 Å². The van der Waals surface area contributed by atoms with Crippen molar-refractivity contribution >= 4 is 34.6 Å². The Morgan fingerprint density at radius 2 is 1.73 bits per heavy atom. The summed E-state index contributed by atoms with van der Waals surface area (Å²) in [5, 5.41) is 7.86. The minimum absolute atomic E-state index is 0.128. The molecule has 0 spiro atoms. The number of nitrogens with zero attached hydrogens (tertiary/aromatic N) is 1. The van der Waals surface area contributed by atoms with E-state index in [1.54, 1.807) is 0 Å². The Morgan fingerprint density at radius 1 is 1.09 bits per heavy atom. The zero-order valence-corrected chi connectivity index (χ0v) is 14.3. The van der Waals surface area contributed by atoms with Gasteiger partial charge in [-0.15, -0.1) is 0 Å². The van der Waals surface area contributed by atoms with Gasteiger partial charge in [0.15, 0.2) is 5.11 Å². The first-order valence-electron chi connectivity index (χ1n) is 7.07. The summed E-state index contributed by atoms with van der Waals surface area (Å²) in [5.41, 5.74) is 2.12. The molecule has 0 saturated carbocycles. The van der Waals surface area contributed by atoms with Crippen LogP contribution in [0.4, 0.5) is 5.69 Å². The lowest BCUT2D eigenvalue weighted by Gasteiger charge is -2.24. The van der Waals surface area contributed by atoms with Gasteiger partial charge in [-0.25, -0.2) is 0 Å². The Hall–Kier alpha value is -1.62. The maximum Gasteiger partial charge on any atom is 0.171 e. The molecule has 0 saturated heterocycles. The highest BCUT2D eigenvalue weighted by Crippen LogP contribution is 2.16. The van der Waals surface area contributed by atoms with Gasteiger partial charge in [0, 0.05) is 17.3 Å². The molecule has 0 aromatic heterocycles. The maximum atomic E-state index is 5.89. The van der Waals surface area contributed by atoms with Crippen molar-refractivity contribution in [2.24, 2.45) is 0 Å². The van der Waals surface area contributed by atoms with Crippen LogP contribution in [-0.2, 0) is 0 Å². The van der Waals surface area contributed by atoms with Crippen molar-refractivity contribution in [1.82, 2.24) is 10.2 Å². The number of benzene rings is 2. The molecule has 2 rings (SSSR count). The molecule has 0 unspecified atom stereocenters. The van der Waals surface area contributed by atoms with Crippen molar-refractivity contribution in [1.29, 1.82) is 0 Å². The fourth-order valence-electron chi connectivity index (χ4n) is 2.14. The SMILES string of the molecule is CN(C)C[C@H](NC(=S)Nc1ccc(Cl)cc1)c1ccccc1. The largest absolute Gasteiger partial charge is 0.354 e. The number of anilines is 1. The van der Waals surface area contributed by atoms with E-state index in [0.29, 0.717) is 10.1 Å². The highest BCUT2D eigenvalue weighted by Gasteiger charge is 2.13. The summed E-state index contributed by atoms with van der Waals surface area (Å²) >= 11 is 11.3. The number of halogens is 1. The number of hydrogen-bond acceptors (Lipinski definition) is 2. The summed E-state index contributed by atoms with van der Waals surface area (Å²) in [6.07, 6.45) is 0. The molecule has 2 aromatic carbocycles. The number of likely N-dealkylation sites (N-methyl/N-ethyl adjacent to an activating group) is 1. The fraction of sp³-hybridized carbons (Fsp3) is 0.235. The average Bonchev–Trinajstić information content (AvgIpc) is 2.49. The van der Waals surface area contributed by atoms with Crippen LogP contribution >= 0.6 is 23.8 Å². The topological polar surface area (TPSA) is 27.3 Å². The van der Waals surface area contributed by atoms with Gasteiger partial charge in [-0.1, -0.05) is 41.9 Å².